The van der Waals surface area contributed by atoms with Crippen LogP contribution in [-0.2, 0) is 9.53 Å². The van der Waals surface area contributed by atoms with Gasteiger partial charge in [0.05, 0.1) is 23.9 Å². The smallest absolute Gasteiger partial charge is 0.449 e. The highest BCUT2D eigenvalue weighted by atomic mass is 32.2. The molecule has 1 amide bonds. The lowest BCUT2D eigenvalue weighted by Gasteiger charge is -2.44. The Kier molecular flexibility index (Phi) is 4.48. The monoisotopic (exact) mass is 355 g/mol. The van der Waals surface area contributed by atoms with E-state index in [1.54, 1.807) is 13.8 Å². The van der Waals surface area contributed by atoms with E-state index in [0.717, 1.165) is 24.4 Å². The molecule has 0 bridgehead atoms. The Hall–Kier alpha value is -1.74. The first-order valence-electron chi connectivity index (χ1n) is 7.91. The van der Waals surface area contributed by atoms with E-state index in [1.807, 2.05) is 4.90 Å². The number of carbonyl (C=O) groups excluding carboxylic acids is 1. The summed E-state index contributed by atoms with van der Waals surface area (Å²) in [6.07, 6.45) is -0.810. The van der Waals surface area contributed by atoms with Crippen LogP contribution in [0.25, 0.3) is 0 Å². The molecule has 3 aliphatic heterocycles. The van der Waals surface area contributed by atoms with Crippen LogP contribution >= 0.6 is 11.8 Å². The average molecular weight is 355 g/mol. The van der Waals surface area contributed by atoms with Gasteiger partial charge in [0.2, 0.25) is 11.8 Å². The van der Waals surface area contributed by atoms with Crippen LogP contribution in [0.15, 0.2) is 10.8 Å². The number of carbonyl (C=O) groups is 2. The second-order valence-electron chi connectivity index (χ2n) is 6.40. The molecule has 0 aliphatic carbocycles. The summed E-state index contributed by atoms with van der Waals surface area (Å²) >= 11 is 1.53. The molecule has 0 spiro atoms. The number of rotatable bonds is 4. The molecule has 3 rings (SSSR count). The molecule has 4 atom stereocenters. The highest BCUT2D eigenvalue weighted by Gasteiger charge is 2.57. The number of β-lactam (4-membered cyclic amide) rings is 1. The highest BCUT2D eigenvalue weighted by molar-refractivity contribution is 8.03. The molecule has 0 aromatic heterocycles. The second kappa shape index (κ2) is 6.29. The van der Waals surface area contributed by atoms with E-state index in [0.29, 0.717) is 12.3 Å². The van der Waals surface area contributed by atoms with Gasteiger partial charge in [0.25, 0.3) is 0 Å². The minimum atomic E-state index is -1.44. The largest absolute Gasteiger partial charge is 0.512 e. The molecule has 0 aromatic carbocycles. The number of nitrogens with zero attached hydrogens (tertiary/aromatic N) is 2. The van der Waals surface area contributed by atoms with Gasteiger partial charge in [-0.25, -0.2) is 4.79 Å². The summed E-state index contributed by atoms with van der Waals surface area (Å²) in [6, 6.07) is -0.226. The summed E-state index contributed by atoms with van der Waals surface area (Å²) in [7, 11) is 0. The van der Waals surface area contributed by atoms with E-state index in [9.17, 15) is 14.7 Å². The van der Waals surface area contributed by atoms with Gasteiger partial charge in [0.15, 0.2) is 0 Å². The van der Waals surface area contributed by atoms with E-state index in [1.165, 1.54) is 16.7 Å². The molecule has 3 N–H and O–H groups in total. The van der Waals surface area contributed by atoms with Crippen LogP contribution in [-0.4, -0.2) is 68.4 Å². The molecule has 132 valence electrons. The van der Waals surface area contributed by atoms with Crippen molar-refractivity contribution in [2.24, 2.45) is 5.92 Å². The number of likely N-dealkylation sites (tertiary alicyclic amines) is 1. The number of fused-ring (bicyclic) bond motifs is 1. The van der Waals surface area contributed by atoms with Crippen LogP contribution in [0.3, 0.4) is 0 Å². The quantitative estimate of drug-likeness (QED) is 0.301. The van der Waals surface area contributed by atoms with E-state index < -0.39 is 18.2 Å². The van der Waals surface area contributed by atoms with Crippen LogP contribution in [0.5, 0.6) is 0 Å². The number of amides is 1. The van der Waals surface area contributed by atoms with Crippen molar-refractivity contribution in [2.45, 2.75) is 44.1 Å². The molecule has 9 heteroatoms. The van der Waals surface area contributed by atoms with Gasteiger partial charge >= 0.3 is 6.16 Å². The fourth-order valence-corrected chi connectivity index (χ4v) is 4.98. The number of thioether (sulfide) groups is 1. The Bertz CT molecular complexity index is 620. The zero-order valence-electron chi connectivity index (χ0n) is 13.6. The predicted molar refractivity (Wildman–Crippen MR) is 87.5 cm³/mol. The van der Waals surface area contributed by atoms with Crippen molar-refractivity contribution in [3.8, 4) is 0 Å². The van der Waals surface area contributed by atoms with Crippen molar-refractivity contribution in [3.05, 3.63) is 10.8 Å². The van der Waals surface area contributed by atoms with E-state index in [-0.39, 0.29) is 23.1 Å². The van der Waals surface area contributed by atoms with Crippen molar-refractivity contribution < 1.29 is 24.5 Å². The third-order valence-electron chi connectivity index (χ3n) is 4.75. The van der Waals surface area contributed by atoms with Crippen LogP contribution < -0.4 is 0 Å². The summed E-state index contributed by atoms with van der Waals surface area (Å²) in [5.41, 5.74) is 0. The summed E-state index contributed by atoms with van der Waals surface area (Å²) in [4.78, 5) is 27.3. The van der Waals surface area contributed by atoms with E-state index >= 15 is 0 Å². The Balaban J connectivity index is 1.75. The van der Waals surface area contributed by atoms with Gasteiger partial charge in [-0.1, -0.05) is 0 Å². The summed E-state index contributed by atoms with van der Waals surface area (Å²) in [5.74, 6) is -0.164. The van der Waals surface area contributed by atoms with Gasteiger partial charge in [0.1, 0.15) is 0 Å². The molecular weight excluding hydrogens is 334 g/mol. The maximum Gasteiger partial charge on any atom is 0.512 e. The SMILES string of the molecule is CC(=N)N1CC[C@H](SC2=C(OC(=O)O)N3C(=O)[C@H](C(C)O)[C@H]3C2)C1. The molecule has 3 heterocycles. The molecule has 0 radical (unpaired) electrons. The second-order valence-corrected chi connectivity index (χ2v) is 7.80. The molecule has 24 heavy (non-hydrogen) atoms. The Morgan fingerprint density at radius 2 is 2.21 bits per heavy atom. The lowest BCUT2D eigenvalue weighted by atomic mass is 9.84. The molecule has 0 saturated carbocycles. The zero-order valence-corrected chi connectivity index (χ0v) is 14.4. The minimum Gasteiger partial charge on any atom is -0.449 e. The molecule has 2 saturated heterocycles. The number of ether oxygens (including phenoxy) is 1. The Labute approximate surface area is 143 Å². The van der Waals surface area contributed by atoms with Crippen molar-refractivity contribution >= 4 is 29.7 Å². The van der Waals surface area contributed by atoms with Crippen molar-refractivity contribution in [2.75, 3.05) is 13.1 Å². The van der Waals surface area contributed by atoms with Crippen LogP contribution in [0, 0.1) is 11.3 Å². The van der Waals surface area contributed by atoms with Crippen molar-refractivity contribution in [1.82, 2.24) is 9.80 Å². The molecule has 8 nitrogen and oxygen atoms in total. The number of nitrogens with one attached hydrogen (secondary N) is 1. The molecule has 2 fully saturated rings. The van der Waals surface area contributed by atoms with Gasteiger partial charge in [-0.05, 0) is 20.3 Å². The van der Waals surface area contributed by atoms with Gasteiger partial charge in [-0.3, -0.25) is 15.1 Å². The van der Waals surface area contributed by atoms with Gasteiger partial charge in [0, 0.05) is 29.7 Å². The first-order chi connectivity index (χ1) is 11.3. The molecule has 1 unspecified atom stereocenters. The Morgan fingerprint density at radius 3 is 2.75 bits per heavy atom. The first-order valence-corrected chi connectivity index (χ1v) is 8.79. The highest BCUT2D eigenvalue weighted by Crippen LogP contribution is 2.48. The van der Waals surface area contributed by atoms with Gasteiger partial charge in [-0.2, -0.15) is 0 Å². The normalized spacial score (nSPS) is 30.3. The van der Waals surface area contributed by atoms with Crippen LogP contribution in [0.1, 0.15) is 26.7 Å². The summed E-state index contributed by atoms with van der Waals surface area (Å²) in [6.45, 7) is 4.85. The standard InChI is InChI=1S/C15H21N3O5S/c1-7(19)12-10-5-11(14(23-15(21)22)18(10)13(12)20)24-9-3-4-17(6-9)8(2)16/h7,9-10,12,16,19H,3-6H2,1-2H3,(H,21,22)/t7?,9-,10+,12+/m0/s1. The van der Waals surface area contributed by atoms with E-state index in [4.69, 9.17) is 15.3 Å². The number of aliphatic hydroxyl groups is 1. The lowest BCUT2D eigenvalue weighted by molar-refractivity contribution is -0.160. The number of aliphatic hydroxyl groups excluding tert-OH is 1. The van der Waals surface area contributed by atoms with Crippen LogP contribution in [0.4, 0.5) is 4.79 Å². The first kappa shape index (κ1) is 17.1. The fourth-order valence-electron chi connectivity index (χ4n) is 3.59. The fraction of sp³-hybridized carbons (Fsp3) is 0.667. The van der Waals surface area contributed by atoms with Gasteiger partial charge in [-0.15, -0.1) is 11.8 Å². The third kappa shape index (κ3) is 2.86. The predicted octanol–water partition coefficient (Wildman–Crippen LogP) is 1.27. The third-order valence-corrected chi connectivity index (χ3v) is 6.10. The molecule has 0 aromatic rings. The zero-order chi connectivity index (χ0) is 17.6. The maximum atomic E-state index is 12.2. The van der Waals surface area contributed by atoms with E-state index in [2.05, 4.69) is 0 Å². The number of carboxylic acid groups (broad SMARTS) is 1. The van der Waals surface area contributed by atoms with Gasteiger partial charge < -0.3 is 19.8 Å². The Morgan fingerprint density at radius 1 is 1.50 bits per heavy atom. The maximum absolute atomic E-state index is 12.2. The molecular formula is C15H21N3O5S. The lowest BCUT2D eigenvalue weighted by Crippen LogP contribution is -2.61. The number of hydrogen-bond acceptors (Lipinski definition) is 6. The van der Waals surface area contributed by atoms with Crippen molar-refractivity contribution in [1.29, 1.82) is 5.41 Å². The topological polar surface area (TPSA) is 114 Å². The minimum absolute atomic E-state index is 0.101. The summed E-state index contributed by atoms with van der Waals surface area (Å²) < 4.78 is 4.88. The average Bonchev–Trinajstić information content (AvgIpc) is 3.02. The summed E-state index contributed by atoms with van der Waals surface area (Å²) in [5, 5.41) is 26.7. The molecule has 3 aliphatic rings. The van der Waals surface area contributed by atoms with Crippen LogP contribution in [0.2, 0.25) is 0 Å². The number of amidine groups is 1. The number of hydrogen-bond donors (Lipinski definition) is 3. The van der Waals surface area contributed by atoms with Crippen molar-refractivity contribution in [3.63, 3.8) is 0 Å².